The van der Waals surface area contributed by atoms with Crippen molar-refractivity contribution in [2.24, 2.45) is 5.73 Å². The van der Waals surface area contributed by atoms with Crippen LogP contribution in [0.15, 0.2) is 41.8 Å². The molecule has 3 amide bonds. The number of hydrogen-bond acceptors (Lipinski definition) is 5. The van der Waals surface area contributed by atoms with Gasteiger partial charge in [0, 0.05) is 10.9 Å². The first-order chi connectivity index (χ1) is 13.5. The number of aromatic nitrogens is 2. The van der Waals surface area contributed by atoms with Gasteiger partial charge < -0.3 is 5.73 Å². The van der Waals surface area contributed by atoms with Gasteiger partial charge in [-0.15, -0.1) is 11.3 Å². The van der Waals surface area contributed by atoms with Crippen LogP contribution in [0.25, 0.3) is 10.6 Å². The number of hydrogen-bond donors (Lipinski definition) is 3. The number of pyridine rings is 1. The van der Waals surface area contributed by atoms with E-state index in [1.54, 1.807) is 11.4 Å². The Labute approximate surface area is 167 Å². The molecule has 0 saturated carbocycles. The Kier molecular flexibility index (Phi) is 6.00. The molecule has 3 aromatic rings. The summed E-state index contributed by atoms with van der Waals surface area (Å²) in [6.07, 6.45) is 1.34. The number of aryl methyl sites for hydroxylation is 1. The summed E-state index contributed by atoms with van der Waals surface area (Å²) in [5.74, 6) is 0.110. The van der Waals surface area contributed by atoms with E-state index in [9.17, 15) is 9.59 Å². The number of carbonyl (C=O) groups is 2. The molecule has 0 atom stereocenters. The lowest BCUT2D eigenvalue weighted by Crippen LogP contribution is -2.23. The number of carbonyl (C=O) groups excluding carboxylic acids is 2. The Morgan fingerprint density at radius 2 is 1.75 bits per heavy atom. The van der Waals surface area contributed by atoms with Gasteiger partial charge in [-0.25, -0.2) is 14.8 Å². The van der Waals surface area contributed by atoms with E-state index in [2.05, 4.69) is 20.6 Å². The Balaban J connectivity index is 1.76. The van der Waals surface area contributed by atoms with Gasteiger partial charge in [0.2, 0.25) is 0 Å². The van der Waals surface area contributed by atoms with E-state index in [1.807, 2.05) is 44.2 Å². The molecular formula is C20H21N5O2S. The first kappa shape index (κ1) is 19.5. The third-order valence-electron chi connectivity index (χ3n) is 4.19. The van der Waals surface area contributed by atoms with Crippen molar-refractivity contribution >= 4 is 34.9 Å². The molecule has 0 aliphatic carbocycles. The second-order valence-electron chi connectivity index (χ2n) is 6.05. The number of amides is 3. The molecular weight excluding hydrogens is 374 g/mol. The van der Waals surface area contributed by atoms with Crippen molar-refractivity contribution < 1.29 is 9.59 Å². The summed E-state index contributed by atoms with van der Waals surface area (Å²) in [5, 5.41) is 7.92. The molecule has 0 radical (unpaired) electrons. The van der Waals surface area contributed by atoms with Gasteiger partial charge in [-0.3, -0.25) is 15.4 Å². The van der Waals surface area contributed by atoms with Crippen LogP contribution in [0.2, 0.25) is 0 Å². The molecule has 0 bridgehead atoms. The normalized spacial score (nSPS) is 10.5. The van der Waals surface area contributed by atoms with E-state index in [1.165, 1.54) is 11.3 Å². The topological polar surface area (TPSA) is 110 Å². The highest BCUT2D eigenvalue weighted by Gasteiger charge is 2.16. The summed E-state index contributed by atoms with van der Waals surface area (Å²) in [7, 11) is 0. The van der Waals surface area contributed by atoms with E-state index >= 15 is 0 Å². The molecule has 28 heavy (non-hydrogen) atoms. The van der Waals surface area contributed by atoms with Gasteiger partial charge in [0.15, 0.2) is 0 Å². The Morgan fingerprint density at radius 3 is 2.39 bits per heavy atom. The van der Waals surface area contributed by atoms with Gasteiger partial charge in [-0.05, 0) is 30.0 Å². The highest BCUT2D eigenvalue weighted by molar-refractivity contribution is 7.13. The van der Waals surface area contributed by atoms with E-state index in [-0.39, 0.29) is 11.5 Å². The number of thiazole rings is 1. The van der Waals surface area contributed by atoms with Crippen LogP contribution < -0.4 is 16.4 Å². The smallest absolute Gasteiger partial charge is 0.326 e. The molecule has 1 aromatic carbocycles. The van der Waals surface area contributed by atoms with Crippen LogP contribution in [0.1, 0.15) is 35.5 Å². The highest BCUT2D eigenvalue weighted by Crippen LogP contribution is 2.25. The van der Waals surface area contributed by atoms with Crippen molar-refractivity contribution in [3.63, 3.8) is 0 Å². The van der Waals surface area contributed by atoms with Crippen molar-refractivity contribution in [2.45, 2.75) is 26.7 Å². The molecule has 3 rings (SSSR count). The predicted molar refractivity (Wildman–Crippen MR) is 112 cm³/mol. The number of nitrogens with one attached hydrogen (secondary N) is 2. The maximum absolute atomic E-state index is 12.3. The molecule has 8 heteroatoms. The lowest BCUT2D eigenvalue weighted by Gasteiger charge is -2.13. The summed E-state index contributed by atoms with van der Waals surface area (Å²) in [5.41, 5.74) is 8.38. The molecule has 2 aromatic heterocycles. The largest absolute Gasteiger partial charge is 0.364 e. The molecule has 7 nitrogen and oxygen atoms in total. The zero-order valence-corrected chi connectivity index (χ0v) is 16.5. The quantitative estimate of drug-likeness (QED) is 0.584. The summed E-state index contributed by atoms with van der Waals surface area (Å²) in [6, 6.07) is 11.0. The van der Waals surface area contributed by atoms with Crippen LogP contribution in [-0.2, 0) is 12.8 Å². The van der Waals surface area contributed by atoms with Crippen LogP contribution in [-0.4, -0.2) is 21.9 Å². The number of nitrogens with zero attached hydrogens (tertiary/aromatic N) is 2. The zero-order chi connectivity index (χ0) is 20.1. The summed E-state index contributed by atoms with van der Waals surface area (Å²) < 4.78 is 0. The third-order valence-corrected chi connectivity index (χ3v) is 5.08. The zero-order valence-electron chi connectivity index (χ0n) is 15.7. The number of rotatable bonds is 6. The number of nitrogens with two attached hydrogens (primary N) is 1. The van der Waals surface area contributed by atoms with Gasteiger partial charge in [0.25, 0.3) is 5.91 Å². The van der Waals surface area contributed by atoms with Crippen molar-refractivity contribution in [2.75, 3.05) is 10.6 Å². The predicted octanol–water partition coefficient (Wildman–Crippen LogP) is 4.07. The summed E-state index contributed by atoms with van der Waals surface area (Å²) in [4.78, 5) is 32.7. The minimum atomic E-state index is -0.609. The van der Waals surface area contributed by atoms with Crippen LogP contribution in [0.3, 0.4) is 0 Å². The minimum Gasteiger partial charge on any atom is -0.364 e. The van der Waals surface area contributed by atoms with Gasteiger partial charge in [0.1, 0.15) is 22.3 Å². The third kappa shape index (κ3) is 4.34. The molecule has 4 N–H and O–H groups in total. The first-order valence-electron chi connectivity index (χ1n) is 8.93. The molecule has 2 heterocycles. The standard InChI is InChI=1S/C20H21N5O2S/c1-3-12-10-15(22-17(18(21)26)14(12)4-2)24-20(27)25-16-11-28-19(23-16)13-8-6-5-7-9-13/h5-11H,3-4H2,1-2H3,(H2,21,26)(H2,22,24,25,27). The van der Waals surface area contributed by atoms with E-state index in [0.717, 1.165) is 21.7 Å². The lowest BCUT2D eigenvalue weighted by molar-refractivity contribution is 0.0994. The Morgan fingerprint density at radius 1 is 1.04 bits per heavy atom. The van der Waals surface area contributed by atoms with Crippen molar-refractivity contribution in [1.29, 1.82) is 0 Å². The molecule has 144 valence electrons. The number of benzene rings is 1. The van der Waals surface area contributed by atoms with Crippen LogP contribution in [0, 0.1) is 0 Å². The molecule has 0 spiro atoms. The minimum absolute atomic E-state index is 0.192. The van der Waals surface area contributed by atoms with Gasteiger partial charge in [0.05, 0.1) is 0 Å². The second kappa shape index (κ2) is 8.62. The second-order valence-corrected chi connectivity index (χ2v) is 6.91. The average molecular weight is 395 g/mol. The van der Waals surface area contributed by atoms with Crippen LogP contribution in [0.4, 0.5) is 16.4 Å². The van der Waals surface area contributed by atoms with Crippen molar-refractivity contribution in [1.82, 2.24) is 9.97 Å². The maximum Gasteiger partial charge on any atom is 0.326 e. The van der Waals surface area contributed by atoms with Gasteiger partial charge in [-0.1, -0.05) is 44.2 Å². The number of urea groups is 1. The molecule has 0 unspecified atom stereocenters. The van der Waals surface area contributed by atoms with Gasteiger partial charge >= 0.3 is 6.03 Å². The first-order valence-corrected chi connectivity index (χ1v) is 9.81. The average Bonchev–Trinajstić information content (AvgIpc) is 3.16. The van der Waals surface area contributed by atoms with Crippen molar-refractivity contribution in [3.05, 3.63) is 58.6 Å². The van der Waals surface area contributed by atoms with E-state index in [0.29, 0.717) is 18.7 Å². The SMILES string of the molecule is CCc1cc(NC(=O)Nc2csc(-c3ccccc3)n2)nc(C(N)=O)c1CC. The molecule has 0 aliphatic rings. The van der Waals surface area contributed by atoms with E-state index < -0.39 is 11.9 Å². The van der Waals surface area contributed by atoms with Gasteiger partial charge in [-0.2, -0.15) is 0 Å². The maximum atomic E-state index is 12.3. The Bertz CT molecular complexity index is 1000. The van der Waals surface area contributed by atoms with Crippen LogP contribution >= 0.6 is 11.3 Å². The van der Waals surface area contributed by atoms with Crippen molar-refractivity contribution in [3.8, 4) is 10.6 Å². The number of anilines is 2. The monoisotopic (exact) mass is 395 g/mol. The number of primary amides is 1. The molecule has 0 fully saturated rings. The fourth-order valence-electron chi connectivity index (χ4n) is 2.91. The molecule has 0 aliphatic heterocycles. The Hall–Kier alpha value is -3.26. The fourth-order valence-corrected chi connectivity index (χ4v) is 3.67. The summed E-state index contributed by atoms with van der Waals surface area (Å²) >= 11 is 1.44. The van der Waals surface area contributed by atoms with Crippen LogP contribution in [0.5, 0.6) is 0 Å². The lowest BCUT2D eigenvalue weighted by atomic mass is 10.0. The van der Waals surface area contributed by atoms with E-state index in [4.69, 9.17) is 5.73 Å². The highest BCUT2D eigenvalue weighted by atomic mass is 32.1. The summed E-state index contributed by atoms with van der Waals surface area (Å²) in [6.45, 7) is 3.92. The fraction of sp³-hybridized carbons (Fsp3) is 0.200. The molecule has 0 saturated heterocycles.